The van der Waals surface area contributed by atoms with Gasteiger partial charge in [-0.15, -0.1) is 0 Å². The fourth-order valence-corrected chi connectivity index (χ4v) is 3.15. The molecule has 0 saturated heterocycles. The molecule has 0 radical (unpaired) electrons. The van der Waals surface area contributed by atoms with Crippen LogP contribution in [0.1, 0.15) is 24.5 Å². The predicted molar refractivity (Wildman–Crippen MR) is 98.2 cm³/mol. The zero-order valence-corrected chi connectivity index (χ0v) is 13.9. The Morgan fingerprint density at radius 2 is 1.88 bits per heavy atom. The molecule has 0 saturated carbocycles. The van der Waals surface area contributed by atoms with Crippen LogP contribution >= 0.6 is 0 Å². The smallest absolute Gasteiger partial charge is 0.301 e. The van der Waals surface area contributed by atoms with Gasteiger partial charge >= 0.3 is 5.91 Å². The van der Waals surface area contributed by atoms with Gasteiger partial charge in [0.1, 0.15) is 5.75 Å². The lowest BCUT2D eigenvalue weighted by Gasteiger charge is -2.13. The summed E-state index contributed by atoms with van der Waals surface area (Å²) in [6.07, 6.45) is 3.32. The van der Waals surface area contributed by atoms with Gasteiger partial charge in [0.2, 0.25) is 0 Å². The van der Waals surface area contributed by atoms with Crippen LogP contribution in [-0.2, 0) is 17.6 Å². The van der Waals surface area contributed by atoms with Gasteiger partial charge in [0, 0.05) is 0 Å². The Labute approximate surface area is 145 Å². The van der Waals surface area contributed by atoms with Crippen LogP contribution in [0, 0.1) is 0 Å². The van der Waals surface area contributed by atoms with E-state index in [1.54, 1.807) is 31.2 Å². The largest absolute Gasteiger partial charge is 0.508 e. The van der Waals surface area contributed by atoms with Crippen molar-refractivity contribution in [2.24, 2.45) is 10.2 Å². The van der Waals surface area contributed by atoms with Crippen molar-refractivity contribution < 1.29 is 9.90 Å². The molecular formula is C19H18N4O2. The van der Waals surface area contributed by atoms with Gasteiger partial charge in [-0.05, 0) is 73.7 Å². The van der Waals surface area contributed by atoms with Gasteiger partial charge in [-0.3, -0.25) is 10.2 Å². The summed E-state index contributed by atoms with van der Waals surface area (Å²) in [6.45, 7) is 1.77. The molecule has 2 aliphatic rings. The number of benzene rings is 2. The van der Waals surface area contributed by atoms with Gasteiger partial charge in [-0.1, -0.05) is 6.07 Å². The third-order valence-electron chi connectivity index (χ3n) is 4.48. The third-order valence-corrected chi connectivity index (χ3v) is 4.48. The fourth-order valence-electron chi connectivity index (χ4n) is 3.15. The van der Waals surface area contributed by atoms with Crippen LogP contribution in [0.5, 0.6) is 5.75 Å². The van der Waals surface area contributed by atoms with E-state index in [0.717, 1.165) is 24.9 Å². The summed E-state index contributed by atoms with van der Waals surface area (Å²) in [6, 6.07) is 12.5. The van der Waals surface area contributed by atoms with Crippen LogP contribution in [0.4, 0.5) is 11.4 Å². The molecule has 126 valence electrons. The first-order valence-electron chi connectivity index (χ1n) is 8.26. The summed E-state index contributed by atoms with van der Waals surface area (Å²) in [5, 5.41) is 19.3. The van der Waals surface area contributed by atoms with Crippen LogP contribution in [0.25, 0.3) is 0 Å². The quantitative estimate of drug-likeness (QED) is 0.669. The third kappa shape index (κ3) is 2.87. The Morgan fingerprint density at radius 3 is 2.68 bits per heavy atom. The van der Waals surface area contributed by atoms with Crippen molar-refractivity contribution in [3.05, 3.63) is 53.6 Å². The maximum Gasteiger partial charge on any atom is 0.301 e. The molecule has 0 unspecified atom stereocenters. The van der Waals surface area contributed by atoms with E-state index in [4.69, 9.17) is 0 Å². The number of anilines is 2. The highest BCUT2D eigenvalue weighted by molar-refractivity contribution is 6.71. The number of nitrogens with zero attached hydrogens (tertiary/aromatic N) is 3. The van der Waals surface area contributed by atoms with Crippen LogP contribution in [0.15, 0.2) is 52.7 Å². The van der Waals surface area contributed by atoms with E-state index >= 15 is 0 Å². The number of carbonyl (C=O) groups is 1. The number of amides is 1. The topological polar surface area (TPSA) is 77.3 Å². The number of fused-ring (bicyclic) bond motifs is 1. The standard InChI is InChI=1S/C19H18N4O2/c1-12-18(21-20-15-6-9-17(24)10-7-15)19(25)23(22-12)16-8-5-13-3-2-4-14(13)11-16/h5-11,20,24H,2-4H2,1H3. The first-order valence-corrected chi connectivity index (χ1v) is 8.26. The molecule has 6 nitrogen and oxygen atoms in total. The van der Waals surface area contributed by atoms with E-state index in [1.165, 1.54) is 16.1 Å². The Morgan fingerprint density at radius 1 is 1.12 bits per heavy atom. The minimum absolute atomic E-state index is 0.177. The first kappa shape index (κ1) is 15.4. The number of hydrogen-bond donors (Lipinski definition) is 2. The van der Waals surface area contributed by atoms with E-state index in [-0.39, 0.29) is 17.4 Å². The lowest BCUT2D eigenvalue weighted by atomic mass is 10.1. The van der Waals surface area contributed by atoms with Crippen LogP contribution in [-0.4, -0.2) is 22.4 Å². The average molecular weight is 334 g/mol. The minimum atomic E-state index is -0.248. The van der Waals surface area contributed by atoms with Gasteiger partial charge < -0.3 is 5.11 Å². The number of hydrogen-bond acceptors (Lipinski definition) is 5. The highest BCUT2D eigenvalue weighted by Crippen LogP contribution is 2.28. The number of nitrogens with one attached hydrogen (secondary N) is 1. The molecular weight excluding hydrogens is 316 g/mol. The SMILES string of the molecule is CC1=NN(c2ccc3c(c2)CCC3)C(=O)C1=NNc1ccc(O)cc1. The van der Waals surface area contributed by atoms with Gasteiger partial charge in [-0.25, -0.2) is 0 Å². The summed E-state index contributed by atoms with van der Waals surface area (Å²) in [5.74, 6) is -0.0719. The summed E-state index contributed by atoms with van der Waals surface area (Å²) in [4.78, 5) is 12.7. The highest BCUT2D eigenvalue weighted by Gasteiger charge is 2.31. The van der Waals surface area contributed by atoms with Crippen molar-refractivity contribution in [3.8, 4) is 5.75 Å². The molecule has 6 heteroatoms. The number of hydrazone groups is 2. The van der Waals surface area contributed by atoms with Gasteiger partial charge in [0.05, 0.1) is 17.1 Å². The molecule has 2 aromatic rings. The van der Waals surface area contributed by atoms with E-state index < -0.39 is 0 Å². The molecule has 0 atom stereocenters. The van der Waals surface area contributed by atoms with E-state index in [1.807, 2.05) is 12.1 Å². The van der Waals surface area contributed by atoms with Crippen LogP contribution < -0.4 is 10.4 Å². The maximum atomic E-state index is 12.7. The Bertz CT molecular complexity index is 900. The normalized spacial score (nSPS) is 17.8. The second-order valence-corrected chi connectivity index (χ2v) is 6.23. The maximum absolute atomic E-state index is 12.7. The summed E-state index contributed by atoms with van der Waals surface area (Å²) < 4.78 is 0. The molecule has 0 fully saturated rings. The average Bonchev–Trinajstić information content (AvgIpc) is 3.19. The lowest BCUT2D eigenvalue weighted by molar-refractivity contribution is -0.112. The number of phenolic OH excluding ortho intramolecular Hbond substituents is 1. The number of rotatable bonds is 3. The second-order valence-electron chi connectivity index (χ2n) is 6.23. The van der Waals surface area contributed by atoms with E-state index in [9.17, 15) is 9.90 Å². The lowest BCUT2D eigenvalue weighted by Crippen LogP contribution is -2.28. The van der Waals surface area contributed by atoms with Crippen molar-refractivity contribution in [1.82, 2.24) is 0 Å². The van der Waals surface area contributed by atoms with Gasteiger partial charge in [0.25, 0.3) is 0 Å². The van der Waals surface area contributed by atoms with E-state index in [2.05, 4.69) is 21.7 Å². The Kier molecular flexibility index (Phi) is 3.72. The minimum Gasteiger partial charge on any atom is -0.508 e. The molecule has 2 N–H and O–H groups in total. The molecule has 0 spiro atoms. The summed E-state index contributed by atoms with van der Waals surface area (Å²) >= 11 is 0. The highest BCUT2D eigenvalue weighted by atomic mass is 16.3. The zero-order valence-electron chi connectivity index (χ0n) is 13.9. The number of aromatic hydroxyl groups is 1. The monoisotopic (exact) mass is 334 g/mol. The Hall–Kier alpha value is -3.15. The number of aryl methyl sites for hydroxylation is 2. The molecule has 1 aliphatic heterocycles. The molecule has 25 heavy (non-hydrogen) atoms. The fraction of sp³-hybridized carbons (Fsp3) is 0.211. The van der Waals surface area contributed by atoms with Gasteiger partial charge in [0.15, 0.2) is 5.71 Å². The predicted octanol–water partition coefficient (Wildman–Crippen LogP) is 3.07. The zero-order chi connectivity index (χ0) is 17.4. The van der Waals surface area contributed by atoms with Crippen LogP contribution in [0.3, 0.4) is 0 Å². The molecule has 0 bridgehead atoms. The van der Waals surface area contributed by atoms with Gasteiger partial charge in [-0.2, -0.15) is 15.2 Å². The van der Waals surface area contributed by atoms with E-state index in [0.29, 0.717) is 11.4 Å². The number of phenols is 1. The number of carbonyl (C=O) groups excluding carboxylic acids is 1. The van der Waals surface area contributed by atoms with Crippen molar-refractivity contribution in [2.75, 3.05) is 10.4 Å². The van der Waals surface area contributed by atoms with Crippen molar-refractivity contribution >= 4 is 28.7 Å². The molecule has 1 aliphatic carbocycles. The van der Waals surface area contributed by atoms with Crippen molar-refractivity contribution in [1.29, 1.82) is 0 Å². The van der Waals surface area contributed by atoms with Crippen molar-refractivity contribution in [3.63, 3.8) is 0 Å². The molecule has 4 rings (SSSR count). The van der Waals surface area contributed by atoms with Crippen molar-refractivity contribution in [2.45, 2.75) is 26.2 Å². The van der Waals surface area contributed by atoms with Crippen LogP contribution in [0.2, 0.25) is 0 Å². The Balaban J connectivity index is 1.56. The molecule has 2 aromatic carbocycles. The summed E-state index contributed by atoms with van der Waals surface area (Å²) in [5.41, 5.74) is 7.81. The molecule has 1 heterocycles. The second kappa shape index (κ2) is 6.05. The molecule has 0 aromatic heterocycles. The first-order chi connectivity index (χ1) is 12.1. The molecule has 1 amide bonds. The summed E-state index contributed by atoms with van der Waals surface area (Å²) in [7, 11) is 0.